The number of hydrogen-bond donors (Lipinski definition) is 4. The second-order valence-electron chi connectivity index (χ2n) is 8.11. The minimum Gasteiger partial charge on any atom is -0.356 e. The van der Waals surface area contributed by atoms with E-state index >= 15 is 0 Å². The average Bonchev–Trinajstić information content (AvgIpc) is 3.17. The predicted octanol–water partition coefficient (Wildman–Crippen LogP) is 1.65. The van der Waals surface area contributed by atoms with Crippen LogP contribution in [-0.2, 0) is 14.8 Å². The highest BCUT2D eigenvalue weighted by molar-refractivity contribution is 7.92. The number of aromatic nitrogens is 2. The van der Waals surface area contributed by atoms with Crippen molar-refractivity contribution in [1.29, 1.82) is 0 Å². The Morgan fingerprint density at radius 1 is 1.06 bits per heavy atom. The molecular formula is C22H25N5O5S. The molecule has 0 unspecified atom stereocenters. The van der Waals surface area contributed by atoms with Crippen LogP contribution < -0.4 is 15.7 Å². The van der Waals surface area contributed by atoms with Gasteiger partial charge in [-0.25, -0.2) is 13.2 Å². The number of nitrogens with one attached hydrogen (secondary N) is 4. The number of hydrogen-bond acceptors (Lipinski definition) is 5. The van der Waals surface area contributed by atoms with Gasteiger partial charge in [0.1, 0.15) is 0 Å². The molecule has 1 saturated heterocycles. The van der Waals surface area contributed by atoms with Crippen molar-refractivity contribution in [2.24, 2.45) is 5.92 Å². The van der Waals surface area contributed by atoms with E-state index < -0.39 is 15.7 Å². The Morgan fingerprint density at radius 3 is 2.48 bits per heavy atom. The van der Waals surface area contributed by atoms with E-state index in [2.05, 4.69) is 20.0 Å². The standard InChI is InChI=1S/C22H25N5O5S/c1-14(28)23-13-15-8-10-27(11-9-15)21(29)17-4-2-3-5-18(17)26-33(31,32)16-6-7-19-20(12-16)25-22(30)24-19/h2-7,12,15,26H,8-11,13H2,1H3,(H,23,28)(H2,24,25,30). The quantitative estimate of drug-likeness (QED) is 0.432. The maximum absolute atomic E-state index is 13.2. The van der Waals surface area contributed by atoms with Gasteiger partial charge in [0.2, 0.25) is 5.91 Å². The first-order chi connectivity index (χ1) is 15.7. The molecule has 0 aliphatic carbocycles. The number of piperidine rings is 1. The second kappa shape index (κ2) is 9.10. The number of nitrogens with zero attached hydrogens (tertiary/aromatic N) is 1. The Hall–Kier alpha value is -3.60. The van der Waals surface area contributed by atoms with Crippen LogP contribution in [0, 0.1) is 5.92 Å². The van der Waals surface area contributed by atoms with Gasteiger partial charge < -0.3 is 20.2 Å². The van der Waals surface area contributed by atoms with Crippen LogP contribution in [0.5, 0.6) is 0 Å². The molecule has 0 bridgehead atoms. The predicted molar refractivity (Wildman–Crippen MR) is 123 cm³/mol. The van der Waals surface area contributed by atoms with Crippen molar-refractivity contribution in [2.45, 2.75) is 24.7 Å². The Labute approximate surface area is 190 Å². The fourth-order valence-corrected chi connectivity index (χ4v) is 5.05. The molecule has 2 heterocycles. The number of para-hydroxylation sites is 1. The summed E-state index contributed by atoms with van der Waals surface area (Å²) in [6.45, 7) is 3.13. The molecule has 2 amide bonds. The van der Waals surface area contributed by atoms with Gasteiger partial charge in [-0.3, -0.25) is 14.3 Å². The van der Waals surface area contributed by atoms with Crippen LogP contribution in [0.2, 0.25) is 0 Å². The molecular weight excluding hydrogens is 446 g/mol. The van der Waals surface area contributed by atoms with Gasteiger partial charge in [-0.15, -0.1) is 0 Å². The first kappa shape index (κ1) is 22.6. The molecule has 0 atom stereocenters. The lowest BCUT2D eigenvalue weighted by atomic mass is 9.96. The first-order valence-corrected chi connectivity index (χ1v) is 12.1. The van der Waals surface area contributed by atoms with Crippen molar-refractivity contribution >= 4 is 38.6 Å². The number of carbonyl (C=O) groups excluding carboxylic acids is 2. The average molecular weight is 472 g/mol. The molecule has 0 radical (unpaired) electrons. The second-order valence-corrected chi connectivity index (χ2v) is 9.79. The number of likely N-dealkylation sites (tertiary alicyclic amines) is 1. The van der Waals surface area contributed by atoms with Gasteiger partial charge in [0.15, 0.2) is 0 Å². The zero-order valence-corrected chi connectivity index (χ0v) is 18.9. The lowest BCUT2D eigenvalue weighted by molar-refractivity contribution is -0.119. The topological polar surface area (TPSA) is 144 Å². The Morgan fingerprint density at radius 2 is 1.76 bits per heavy atom. The minimum absolute atomic E-state index is 0.0358. The number of anilines is 1. The van der Waals surface area contributed by atoms with Crippen LogP contribution in [0.15, 0.2) is 52.2 Å². The summed E-state index contributed by atoms with van der Waals surface area (Å²) >= 11 is 0. The molecule has 1 aliphatic rings. The minimum atomic E-state index is -4.00. The van der Waals surface area contributed by atoms with Crippen LogP contribution in [0.3, 0.4) is 0 Å². The molecule has 0 spiro atoms. The Balaban J connectivity index is 1.50. The molecule has 3 aromatic rings. The third kappa shape index (κ3) is 5.08. The number of sulfonamides is 1. The SMILES string of the molecule is CC(=O)NCC1CCN(C(=O)c2ccccc2NS(=O)(=O)c2ccc3[nH]c(=O)[nH]c3c2)CC1. The molecule has 4 N–H and O–H groups in total. The Bertz CT molecular complexity index is 1350. The first-order valence-electron chi connectivity index (χ1n) is 10.6. The van der Waals surface area contributed by atoms with E-state index in [4.69, 9.17) is 0 Å². The molecule has 11 heteroatoms. The van der Waals surface area contributed by atoms with E-state index in [0.29, 0.717) is 36.6 Å². The third-order valence-corrected chi connectivity index (χ3v) is 7.10. The maximum Gasteiger partial charge on any atom is 0.323 e. The van der Waals surface area contributed by atoms with Crippen LogP contribution in [0.4, 0.5) is 5.69 Å². The molecule has 1 aliphatic heterocycles. The van der Waals surface area contributed by atoms with E-state index in [0.717, 1.165) is 12.8 Å². The fraction of sp³-hybridized carbons (Fsp3) is 0.318. The molecule has 2 aromatic carbocycles. The summed E-state index contributed by atoms with van der Waals surface area (Å²) in [6, 6.07) is 10.7. The summed E-state index contributed by atoms with van der Waals surface area (Å²) in [5, 5.41) is 2.81. The summed E-state index contributed by atoms with van der Waals surface area (Å²) in [5.41, 5.74) is 0.887. The Kier molecular flexibility index (Phi) is 6.23. The van der Waals surface area contributed by atoms with Crippen molar-refractivity contribution in [3.8, 4) is 0 Å². The molecule has 0 saturated carbocycles. The van der Waals surface area contributed by atoms with Gasteiger partial charge in [0.25, 0.3) is 15.9 Å². The molecule has 4 rings (SSSR count). The van der Waals surface area contributed by atoms with Crippen molar-refractivity contribution < 1.29 is 18.0 Å². The number of carbonyl (C=O) groups is 2. The number of fused-ring (bicyclic) bond motifs is 1. The number of imidazole rings is 1. The number of rotatable bonds is 6. The monoisotopic (exact) mass is 471 g/mol. The zero-order valence-electron chi connectivity index (χ0n) is 18.1. The van der Waals surface area contributed by atoms with Gasteiger partial charge in [-0.2, -0.15) is 0 Å². The van der Waals surface area contributed by atoms with Crippen LogP contribution >= 0.6 is 0 Å². The third-order valence-electron chi connectivity index (χ3n) is 5.74. The zero-order chi connectivity index (χ0) is 23.6. The van der Waals surface area contributed by atoms with E-state index in [-0.39, 0.29) is 28.0 Å². The van der Waals surface area contributed by atoms with E-state index in [9.17, 15) is 22.8 Å². The van der Waals surface area contributed by atoms with E-state index in [1.807, 2.05) is 0 Å². The highest BCUT2D eigenvalue weighted by Gasteiger charge is 2.26. The summed E-state index contributed by atoms with van der Waals surface area (Å²) in [6.07, 6.45) is 1.52. The van der Waals surface area contributed by atoms with Gasteiger partial charge >= 0.3 is 5.69 Å². The summed E-state index contributed by atoms with van der Waals surface area (Å²) in [5.74, 6) is -0.0186. The summed E-state index contributed by atoms with van der Waals surface area (Å²) in [7, 11) is -4.00. The normalized spacial score (nSPS) is 14.9. The molecule has 1 fully saturated rings. The van der Waals surface area contributed by atoms with Gasteiger partial charge in [0.05, 0.1) is 27.2 Å². The molecule has 1 aromatic heterocycles. The number of benzene rings is 2. The van der Waals surface area contributed by atoms with Crippen molar-refractivity contribution in [2.75, 3.05) is 24.4 Å². The van der Waals surface area contributed by atoms with Gasteiger partial charge in [0, 0.05) is 26.6 Å². The summed E-state index contributed by atoms with van der Waals surface area (Å²) < 4.78 is 28.5. The summed E-state index contributed by atoms with van der Waals surface area (Å²) in [4.78, 5) is 42.5. The highest BCUT2D eigenvalue weighted by atomic mass is 32.2. The van der Waals surface area contributed by atoms with E-state index in [1.165, 1.54) is 25.1 Å². The van der Waals surface area contributed by atoms with E-state index in [1.54, 1.807) is 29.2 Å². The van der Waals surface area contributed by atoms with Crippen LogP contribution in [-0.4, -0.2) is 54.7 Å². The number of H-pyrrole nitrogens is 2. The van der Waals surface area contributed by atoms with Crippen molar-refractivity contribution in [3.63, 3.8) is 0 Å². The van der Waals surface area contributed by atoms with Gasteiger partial charge in [-0.05, 0) is 49.1 Å². The van der Waals surface area contributed by atoms with Gasteiger partial charge in [-0.1, -0.05) is 12.1 Å². The largest absolute Gasteiger partial charge is 0.356 e. The lowest BCUT2D eigenvalue weighted by Gasteiger charge is -2.32. The van der Waals surface area contributed by atoms with Crippen LogP contribution in [0.25, 0.3) is 11.0 Å². The maximum atomic E-state index is 13.2. The fourth-order valence-electron chi connectivity index (χ4n) is 3.94. The van der Waals surface area contributed by atoms with Crippen molar-refractivity contribution in [1.82, 2.24) is 20.2 Å². The van der Waals surface area contributed by atoms with Crippen LogP contribution in [0.1, 0.15) is 30.1 Å². The molecule has 174 valence electrons. The lowest BCUT2D eigenvalue weighted by Crippen LogP contribution is -2.41. The molecule has 33 heavy (non-hydrogen) atoms. The van der Waals surface area contributed by atoms with Crippen molar-refractivity contribution in [3.05, 3.63) is 58.5 Å². The molecule has 10 nitrogen and oxygen atoms in total. The number of amides is 2. The smallest absolute Gasteiger partial charge is 0.323 e. The number of aromatic amines is 2. The highest BCUT2D eigenvalue weighted by Crippen LogP contribution is 2.25.